The van der Waals surface area contributed by atoms with Gasteiger partial charge in [0.2, 0.25) is 15.9 Å². The summed E-state index contributed by atoms with van der Waals surface area (Å²) in [5, 5.41) is 2.69. The smallest absolute Gasteiger partial charge is 0.356 e. The molecule has 5 nitrogen and oxygen atoms in total. The fraction of sp³-hybridized carbons (Fsp3) is 0.533. The molecule has 138 valence electrons. The van der Waals surface area contributed by atoms with Crippen molar-refractivity contribution in [1.82, 2.24) is 9.62 Å². The number of rotatable bonds is 2. The van der Waals surface area contributed by atoms with Crippen molar-refractivity contribution < 1.29 is 26.4 Å². The average molecular weight is 441 g/mol. The molecule has 2 aliphatic heterocycles. The van der Waals surface area contributed by atoms with E-state index in [0.29, 0.717) is 25.8 Å². The standard InChI is InChI=1S/C15H16BrF3N2O3S/c16-10-2-3-12(11(8-10)15(17,18)19)25(23,24)21-7-1-4-14(9-21)5-6-20-13(14)22/h2-3,8H,1,4-7,9H2,(H,20,22). The fourth-order valence-electron chi connectivity index (χ4n) is 3.49. The maximum atomic E-state index is 13.3. The van der Waals surface area contributed by atoms with Gasteiger partial charge in [-0.2, -0.15) is 17.5 Å². The molecule has 2 heterocycles. The van der Waals surface area contributed by atoms with Gasteiger partial charge in [0, 0.05) is 24.1 Å². The van der Waals surface area contributed by atoms with Crippen molar-refractivity contribution in [3.8, 4) is 0 Å². The van der Waals surface area contributed by atoms with Crippen LogP contribution >= 0.6 is 15.9 Å². The van der Waals surface area contributed by atoms with Crippen LogP contribution in [0, 0.1) is 5.41 Å². The van der Waals surface area contributed by atoms with Gasteiger partial charge >= 0.3 is 6.18 Å². The van der Waals surface area contributed by atoms with Crippen LogP contribution in [0.1, 0.15) is 24.8 Å². The Morgan fingerprint density at radius 2 is 1.96 bits per heavy atom. The van der Waals surface area contributed by atoms with Gasteiger partial charge < -0.3 is 5.32 Å². The average Bonchev–Trinajstić information content (AvgIpc) is 2.86. The van der Waals surface area contributed by atoms with Gasteiger partial charge in [-0.3, -0.25) is 4.79 Å². The van der Waals surface area contributed by atoms with Crippen LogP contribution in [0.25, 0.3) is 0 Å². The molecule has 2 aliphatic rings. The minimum Gasteiger partial charge on any atom is -0.356 e. The van der Waals surface area contributed by atoms with E-state index in [1.807, 2.05) is 0 Å². The molecule has 0 radical (unpaired) electrons. The number of carbonyl (C=O) groups is 1. The number of carbonyl (C=O) groups excluding carboxylic acids is 1. The zero-order valence-corrected chi connectivity index (χ0v) is 15.5. The van der Waals surface area contributed by atoms with E-state index in [-0.39, 0.29) is 23.5 Å². The molecule has 1 spiro atoms. The predicted octanol–water partition coefficient (Wildman–Crippen LogP) is 2.76. The minimum atomic E-state index is -4.80. The molecule has 0 bridgehead atoms. The van der Waals surface area contributed by atoms with Crippen LogP contribution < -0.4 is 5.32 Å². The third kappa shape index (κ3) is 3.31. The second-order valence-electron chi connectivity index (χ2n) is 6.37. The highest BCUT2D eigenvalue weighted by molar-refractivity contribution is 9.10. The van der Waals surface area contributed by atoms with E-state index in [1.54, 1.807) is 0 Å². The molecule has 1 amide bonds. The Bertz CT molecular complexity index is 813. The van der Waals surface area contributed by atoms with Crippen molar-refractivity contribution in [3.63, 3.8) is 0 Å². The highest BCUT2D eigenvalue weighted by atomic mass is 79.9. The first-order valence-corrected chi connectivity index (χ1v) is 9.95. The van der Waals surface area contributed by atoms with Crippen LogP contribution in [-0.4, -0.2) is 38.3 Å². The molecule has 0 aliphatic carbocycles. The van der Waals surface area contributed by atoms with Gasteiger partial charge in [0.15, 0.2) is 0 Å². The number of piperidine rings is 1. The largest absolute Gasteiger partial charge is 0.417 e. The van der Waals surface area contributed by atoms with Gasteiger partial charge in [0.25, 0.3) is 0 Å². The number of nitrogens with zero attached hydrogens (tertiary/aromatic N) is 1. The summed E-state index contributed by atoms with van der Waals surface area (Å²) >= 11 is 2.95. The molecule has 10 heteroatoms. The molecule has 1 atom stereocenters. The lowest BCUT2D eigenvalue weighted by Gasteiger charge is -2.37. The van der Waals surface area contributed by atoms with Crippen LogP contribution in [-0.2, 0) is 21.0 Å². The molecule has 25 heavy (non-hydrogen) atoms. The van der Waals surface area contributed by atoms with Crippen LogP contribution in [0.3, 0.4) is 0 Å². The first kappa shape index (κ1) is 18.7. The van der Waals surface area contributed by atoms with Crippen molar-refractivity contribution in [3.05, 3.63) is 28.2 Å². The Balaban J connectivity index is 2.01. The minimum absolute atomic E-state index is 0.0888. The lowest BCUT2D eigenvalue weighted by Crippen LogP contribution is -2.49. The highest BCUT2D eigenvalue weighted by Gasteiger charge is 2.49. The van der Waals surface area contributed by atoms with Gasteiger partial charge in [-0.15, -0.1) is 0 Å². The summed E-state index contributed by atoms with van der Waals surface area (Å²) in [6.45, 7) is 0.470. The number of hydrogen-bond donors (Lipinski definition) is 1. The monoisotopic (exact) mass is 440 g/mol. The van der Waals surface area contributed by atoms with Crippen LogP contribution in [0.2, 0.25) is 0 Å². The number of halogens is 4. The van der Waals surface area contributed by atoms with Crippen LogP contribution in [0.4, 0.5) is 13.2 Å². The first-order chi connectivity index (χ1) is 11.6. The van der Waals surface area contributed by atoms with E-state index < -0.39 is 32.1 Å². The molecule has 0 aromatic heterocycles. The Labute approximate surface area is 151 Å². The molecular formula is C15H16BrF3N2O3S. The van der Waals surface area contributed by atoms with E-state index >= 15 is 0 Å². The van der Waals surface area contributed by atoms with Crippen molar-refractivity contribution in [1.29, 1.82) is 0 Å². The zero-order valence-electron chi connectivity index (χ0n) is 13.1. The van der Waals surface area contributed by atoms with Crippen molar-refractivity contribution >= 4 is 31.9 Å². The Morgan fingerprint density at radius 3 is 2.56 bits per heavy atom. The number of hydrogen-bond acceptors (Lipinski definition) is 3. The van der Waals surface area contributed by atoms with Crippen LogP contribution in [0.5, 0.6) is 0 Å². The maximum absolute atomic E-state index is 13.3. The van der Waals surface area contributed by atoms with Gasteiger partial charge in [0.1, 0.15) is 0 Å². The lowest BCUT2D eigenvalue weighted by atomic mass is 9.79. The summed E-state index contributed by atoms with van der Waals surface area (Å²) < 4.78 is 66.9. The SMILES string of the molecule is O=C1NCCC12CCCN(S(=O)(=O)c1ccc(Br)cc1C(F)(F)F)C2. The van der Waals surface area contributed by atoms with E-state index in [0.717, 1.165) is 16.4 Å². The van der Waals surface area contributed by atoms with Crippen molar-refractivity contribution in [2.24, 2.45) is 5.41 Å². The third-order valence-electron chi connectivity index (χ3n) is 4.78. The predicted molar refractivity (Wildman–Crippen MR) is 87.2 cm³/mol. The quantitative estimate of drug-likeness (QED) is 0.768. The summed E-state index contributed by atoms with van der Waals surface area (Å²) in [7, 11) is -4.37. The summed E-state index contributed by atoms with van der Waals surface area (Å²) in [4.78, 5) is 11.3. The second-order valence-corrected chi connectivity index (χ2v) is 9.19. The topological polar surface area (TPSA) is 66.5 Å². The molecule has 1 aromatic carbocycles. The first-order valence-electron chi connectivity index (χ1n) is 7.71. The molecule has 2 saturated heterocycles. The summed E-state index contributed by atoms with van der Waals surface area (Å²) in [6, 6.07) is 2.98. The molecule has 1 aromatic rings. The molecular weight excluding hydrogens is 425 g/mol. The number of sulfonamides is 1. The number of benzene rings is 1. The Hall–Kier alpha value is -1.13. The van der Waals surface area contributed by atoms with Gasteiger partial charge in [-0.1, -0.05) is 15.9 Å². The highest BCUT2D eigenvalue weighted by Crippen LogP contribution is 2.41. The maximum Gasteiger partial charge on any atom is 0.417 e. The second kappa shape index (κ2) is 6.24. The Morgan fingerprint density at radius 1 is 1.24 bits per heavy atom. The normalized spacial score (nSPS) is 25.4. The third-order valence-corrected chi connectivity index (χ3v) is 7.17. The van der Waals surface area contributed by atoms with E-state index in [9.17, 15) is 26.4 Å². The summed E-state index contributed by atoms with van der Waals surface area (Å²) in [5.74, 6) is -0.223. The zero-order chi connectivity index (χ0) is 18.5. The van der Waals surface area contributed by atoms with Crippen molar-refractivity contribution in [2.45, 2.75) is 30.3 Å². The van der Waals surface area contributed by atoms with E-state index in [2.05, 4.69) is 21.2 Å². The van der Waals surface area contributed by atoms with Gasteiger partial charge in [-0.25, -0.2) is 8.42 Å². The molecule has 3 rings (SSSR count). The molecule has 2 fully saturated rings. The molecule has 1 unspecified atom stereocenters. The number of amides is 1. The summed E-state index contributed by atoms with van der Waals surface area (Å²) in [6.07, 6.45) is -3.34. The molecule has 0 saturated carbocycles. The molecule has 1 N–H and O–H groups in total. The Kier molecular flexibility index (Phi) is 4.66. The number of nitrogens with one attached hydrogen (secondary N) is 1. The summed E-state index contributed by atoms with van der Waals surface area (Å²) in [5.41, 5.74) is -2.05. The van der Waals surface area contributed by atoms with E-state index in [1.165, 1.54) is 6.07 Å². The van der Waals surface area contributed by atoms with Gasteiger partial charge in [0.05, 0.1) is 15.9 Å². The fourth-order valence-corrected chi connectivity index (χ4v) is 5.61. The van der Waals surface area contributed by atoms with E-state index in [4.69, 9.17) is 0 Å². The number of alkyl halides is 3. The van der Waals surface area contributed by atoms with Gasteiger partial charge in [-0.05, 0) is 37.5 Å². The van der Waals surface area contributed by atoms with Crippen LogP contribution in [0.15, 0.2) is 27.6 Å². The van der Waals surface area contributed by atoms with Crippen molar-refractivity contribution in [2.75, 3.05) is 19.6 Å². The lowest BCUT2D eigenvalue weighted by molar-refractivity contribution is -0.140.